The predicted molar refractivity (Wildman–Crippen MR) is 63.5 cm³/mol. The van der Waals surface area contributed by atoms with E-state index in [1.165, 1.54) is 12.1 Å². The van der Waals surface area contributed by atoms with Gasteiger partial charge in [0.2, 0.25) is 0 Å². The lowest BCUT2D eigenvalue weighted by Gasteiger charge is -2.13. The van der Waals surface area contributed by atoms with Crippen molar-refractivity contribution < 1.29 is 23.4 Å². The molecular formula is C12H17F2NO3. The van der Waals surface area contributed by atoms with Gasteiger partial charge in [0.15, 0.2) is 11.6 Å². The molecule has 0 saturated carbocycles. The number of ether oxygens (including phenoxy) is 2. The number of aliphatic hydroxyl groups is 1. The lowest BCUT2D eigenvalue weighted by atomic mass is 10.2. The lowest BCUT2D eigenvalue weighted by Crippen LogP contribution is -2.26. The van der Waals surface area contributed by atoms with Crippen molar-refractivity contribution in [1.82, 2.24) is 0 Å². The van der Waals surface area contributed by atoms with Gasteiger partial charge in [0.1, 0.15) is 0 Å². The third-order valence-corrected chi connectivity index (χ3v) is 2.22. The molecule has 0 radical (unpaired) electrons. The number of hydrogen-bond donors (Lipinski definition) is 2. The second kappa shape index (κ2) is 7.97. The molecule has 0 bridgehead atoms. The Morgan fingerprint density at radius 3 is 2.83 bits per heavy atom. The molecule has 18 heavy (non-hydrogen) atoms. The molecule has 2 N–H and O–H groups in total. The minimum atomic E-state index is -0.954. The van der Waals surface area contributed by atoms with Gasteiger partial charge in [-0.2, -0.15) is 0 Å². The van der Waals surface area contributed by atoms with Crippen molar-refractivity contribution in [3.05, 3.63) is 29.8 Å². The van der Waals surface area contributed by atoms with Crippen molar-refractivity contribution in [1.29, 1.82) is 0 Å². The van der Waals surface area contributed by atoms with Gasteiger partial charge in [0.05, 0.1) is 31.6 Å². The zero-order valence-corrected chi connectivity index (χ0v) is 10.2. The molecular weight excluding hydrogens is 244 g/mol. The van der Waals surface area contributed by atoms with Crippen molar-refractivity contribution >= 4 is 5.69 Å². The number of anilines is 1. The van der Waals surface area contributed by atoms with E-state index in [9.17, 15) is 13.9 Å². The number of rotatable bonds is 8. The summed E-state index contributed by atoms with van der Waals surface area (Å²) >= 11 is 0. The Bertz CT molecular complexity index is 363. The van der Waals surface area contributed by atoms with E-state index in [-0.39, 0.29) is 18.8 Å². The van der Waals surface area contributed by atoms with Crippen LogP contribution in [0.15, 0.2) is 18.2 Å². The van der Waals surface area contributed by atoms with Crippen molar-refractivity contribution in [2.24, 2.45) is 0 Å². The molecule has 0 aliphatic heterocycles. The first-order chi connectivity index (χ1) is 8.65. The van der Waals surface area contributed by atoms with E-state index in [0.29, 0.717) is 13.2 Å². The normalized spacial score (nSPS) is 12.4. The van der Waals surface area contributed by atoms with Crippen molar-refractivity contribution in [3.8, 4) is 0 Å². The molecule has 0 heterocycles. The third-order valence-electron chi connectivity index (χ3n) is 2.22. The zero-order valence-electron chi connectivity index (χ0n) is 10.2. The summed E-state index contributed by atoms with van der Waals surface area (Å²) in [5.74, 6) is -1.88. The smallest absolute Gasteiger partial charge is 0.181 e. The van der Waals surface area contributed by atoms with E-state index in [0.717, 1.165) is 6.07 Å². The molecule has 1 atom stereocenters. The van der Waals surface area contributed by atoms with Gasteiger partial charge < -0.3 is 19.9 Å². The SMILES string of the molecule is COCCOCC(O)CNc1cccc(F)c1F. The fraction of sp³-hybridized carbons (Fsp3) is 0.500. The summed E-state index contributed by atoms with van der Waals surface area (Å²) in [6.45, 7) is 1.00. The molecule has 1 aromatic carbocycles. The highest BCUT2D eigenvalue weighted by Crippen LogP contribution is 2.16. The molecule has 1 unspecified atom stereocenters. The average molecular weight is 261 g/mol. The Balaban J connectivity index is 2.29. The minimum Gasteiger partial charge on any atom is -0.389 e. The summed E-state index contributed by atoms with van der Waals surface area (Å²) in [6.07, 6.45) is -0.801. The Morgan fingerprint density at radius 1 is 1.33 bits per heavy atom. The summed E-state index contributed by atoms with van der Waals surface area (Å²) < 4.78 is 36.0. The van der Waals surface area contributed by atoms with Gasteiger partial charge in [-0.05, 0) is 12.1 Å². The molecule has 0 amide bonds. The second-order valence-corrected chi connectivity index (χ2v) is 3.70. The monoisotopic (exact) mass is 261 g/mol. The van der Waals surface area contributed by atoms with Crippen LogP contribution in [0.1, 0.15) is 0 Å². The summed E-state index contributed by atoms with van der Waals surface area (Å²) in [6, 6.07) is 3.82. The summed E-state index contributed by atoms with van der Waals surface area (Å²) in [5.41, 5.74) is 0.0194. The van der Waals surface area contributed by atoms with E-state index >= 15 is 0 Å². The molecule has 0 aliphatic carbocycles. The van der Waals surface area contributed by atoms with Crippen LogP contribution in [0.25, 0.3) is 0 Å². The molecule has 1 aromatic rings. The first kappa shape index (κ1) is 14.8. The number of halogens is 2. The van der Waals surface area contributed by atoms with Gasteiger partial charge in [0, 0.05) is 13.7 Å². The summed E-state index contributed by atoms with van der Waals surface area (Å²) in [4.78, 5) is 0. The molecule has 0 saturated heterocycles. The quantitative estimate of drug-likeness (QED) is 0.695. The van der Waals surface area contributed by atoms with Gasteiger partial charge in [-0.3, -0.25) is 0 Å². The van der Waals surface area contributed by atoms with E-state index < -0.39 is 17.7 Å². The van der Waals surface area contributed by atoms with Crippen LogP contribution < -0.4 is 5.32 Å². The minimum absolute atomic E-state index is 0.0194. The predicted octanol–water partition coefficient (Wildman–Crippen LogP) is 1.40. The number of hydrogen-bond acceptors (Lipinski definition) is 4. The van der Waals surface area contributed by atoms with Crippen LogP contribution in [0.2, 0.25) is 0 Å². The average Bonchev–Trinajstić information content (AvgIpc) is 2.36. The first-order valence-corrected chi connectivity index (χ1v) is 5.57. The van der Waals surface area contributed by atoms with Crippen molar-refractivity contribution in [2.45, 2.75) is 6.10 Å². The van der Waals surface area contributed by atoms with Gasteiger partial charge in [-0.25, -0.2) is 8.78 Å². The van der Waals surface area contributed by atoms with Crippen LogP contribution in [0.3, 0.4) is 0 Å². The largest absolute Gasteiger partial charge is 0.389 e. The number of aliphatic hydroxyl groups excluding tert-OH is 1. The molecule has 0 aromatic heterocycles. The molecule has 6 heteroatoms. The number of nitrogens with one attached hydrogen (secondary N) is 1. The molecule has 0 spiro atoms. The van der Waals surface area contributed by atoms with Gasteiger partial charge in [-0.1, -0.05) is 6.07 Å². The van der Waals surface area contributed by atoms with Crippen LogP contribution in [0, 0.1) is 11.6 Å². The van der Waals surface area contributed by atoms with Crippen molar-refractivity contribution in [2.75, 3.05) is 38.8 Å². The first-order valence-electron chi connectivity index (χ1n) is 5.57. The fourth-order valence-electron chi connectivity index (χ4n) is 1.29. The summed E-state index contributed by atoms with van der Waals surface area (Å²) in [7, 11) is 1.55. The lowest BCUT2D eigenvalue weighted by molar-refractivity contribution is 0.0182. The second-order valence-electron chi connectivity index (χ2n) is 3.70. The maximum atomic E-state index is 13.2. The summed E-state index contributed by atoms with van der Waals surface area (Å²) in [5, 5.41) is 12.1. The zero-order chi connectivity index (χ0) is 13.4. The highest BCUT2D eigenvalue weighted by atomic mass is 19.2. The molecule has 102 valence electrons. The molecule has 4 nitrogen and oxygen atoms in total. The van der Waals surface area contributed by atoms with Crippen LogP contribution in [-0.4, -0.2) is 44.7 Å². The highest BCUT2D eigenvalue weighted by molar-refractivity contribution is 5.44. The Kier molecular flexibility index (Phi) is 6.56. The maximum Gasteiger partial charge on any atom is 0.181 e. The Hall–Kier alpha value is -1.24. The Morgan fingerprint density at radius 2 is 2.11 bits per heavy atom. The number of methoxy groups -OCH3 is 1. The van der Waals surface area contributed by atoms with Crippen molar-refractivity contribution in [3.63, 3.8) is 0 Å². The fourth-order valence-corrected chi connectivity index (χ4v) is 1.29. The molecule has 1 rings (SSSR count). The topological polar surface area (TPSA) is 50.7 Å². The van der Waals surface area contributed by atoms with E-state index in [1.807, 2.05) is 0 Å². The van der Waals surface area contributed by atoms with Crippen LogP contribution >= 0.6 is 0 Å². The standard InChI is InChI=1S/C12H17F2NO3/c1-17-5-6-18-8-9(16)7-15-11-4-2-3-10(13)12(11)14/h2-4,9,15-16H,5-8H2,1H3. The highest BCUT2D eigenvalue weighted by Gasteiger charge is 2.09. The van der Waals surface area contributed by atoms with Crippen LogP contribution in [0.4, 0.5) is 14.5 Å². The Labute approximate surface area is 105 Å². The maximum absolute atomic E-state index is 13.2. The third kappa shape index (κ3) is 4.95. The van der Waals surface area contributed by atoms with E-state index in [2.05, 4.69) is 5.32 Å². The van der Waals surface area contributed by atoms with E-state index in [4.69, 9.17) is 9.47 Å². The van der Waals surface area contributed by atoms with Gasteiger partial charge in [0.25, 0.3) is 0 Å². The van der Waals surface area contributed by atoms with Gasteiger partial charge in [-0.15, -0.1) is 0 Å². The molecule has 0 aliphatic rings. The van der Waals surface area contributed by atoms with Gasteiger partial charge >= 0.3 is 0 Å². The van der Waals surface area contributed by atoms with Crippen LogP contribution in [0.5, 0.6) is 0 Å². The number of benzene rings is 1. The van der Waals surface area contributed by atoms with Crippen LogP contribution in [-0.2, 0) is 9.47 Å². The molecule has 0 fully saturated rings. The van der Waals surface area contributed by atoms with E-state index in [1.54, 1.807) is 7.11 Å².